The van der Waals surface area contributed by atoms with E-state index in [9.17, 15) is 8.42 Å². The molecule has 1 fully saturated rings. The van der Waals surface area contributed by atoms with Crippen molar-refractivity contribution in [2.75, 3.05) is 13.1 Å². The fourth-order valence-electron chi connectivity index (χ4n) is 2.12. The quantitative estimate of drug-likeness (QED) is 0.851. The highest BCUT2D eigenvalue weighted by Gasteiger charge is 2.30. The van der Waals surface area contributed by atoms with Crippen molar-refractivity contribution in [2.45, 2.75) is 23.8 Å². The van der Waals surface area contributed by atoms with Gasteiger partial charge in [-0.15, -0.1) is 0 Å². The second kappa shape index (κ2) is 5.06. The first kappa shape index (κ1) is 13.0. The highest BCUT2D eigenvalue weighted by molar-refractivity contribution is 7.89. The van der Waals surface area contributed by atoms with E-state index in [2.05, 4.69) is 0 Å². The molecule has 0 unspecified atom stereocenters. The Morgan fingerprint density at radius 1 is 1.39 bits per heavy atom. The van der Waals surface area contributed by atoms with E-state index >= 15 is 0 Å². The van der Waals surface area contributed by atoms with Crippen LogP contribution in [0.2, 0.25) is 0 Å². The zero-order valence-electron chi connectivity index (χ0n) is 9.91. The summed E-state index contributed by atoms with van der Waals surface area (Å²) in [6, 6.07) is 8.04. The van der Waals surface area contributed by atoms with Crippen LogP contribution in [-0.4, -0.2) is 31.9 Å². The highest BCUT2D eigenvalue weighted by atomic mass is 32.2. The predicted octanol–water partition coefficient (Wildman–Crippen LogP) is 0.670. The second-order valence-corrected chi connectivity index (χ2v) is 6.28. The number of piperidine rings is 1. The molecule has 0 saturated carbocycles. The minimum atomic E-state index is -3.61. The Balaban J connectivity index is 2.39. The first-order valence-corrected chi connectivity index (χ1v) is 7.24. The van der Waals surface area contributed by atoms with Crippen molar-refractivity contribution >= 4 is 10.0 Å². The van der Waals surface area contributed by atoms with E-state index in [1.807, 2.05) is 6.07 Å². The predicted molar refractivity (Wildman–Crippen MR) is 67.1 cm³/mol. The average Bonchev–Trinajstić information content (AvgIpc) is 2.38. The van der Waals surface area contributed by atoms with Crippen LogP contribution in [0.4, 0.5) is 0 Å². The molecule has 0 bridgehead atoms. The van der Waals surface area contributed by atoms with Gasteiger partial charge in [0.25, 0.3) is 0 Å². The van der Waals surface area contributed by atoms with E-state index in [0.29, 0.717) is 13.1 Å². The summed E-state index contributed by atoms with van der Waals surface area (Å²) in [4.78, 5) is 0.0709. The molecule has 6 heteroatoms. The van der Waals surface area contributed by atoms with E-state index in [4.69, 9.17) is 11.0 Å². The summed E-state index contributed by atoms with van der Waals surface area (Å²) >= 11 is 0. The fraction of sp³-hybridized carbons (Fsp3) is 0.417. The molecule has 1 atom stereocenters. The monoisotopic (exact) mass is 265 g/mol. The molecule has 1 aromatic rings. The maximum Gasteiger partial charge on any atom is 0.244 e. The molecule has 1 aromatic carbocycles. The maximum absolute atomic E-state index is 12.4. The molecular weight excluding hydrogens is 250 g/mol. The van der Waals surface area contributed by atoms with Gasteiger partial charge >= 0.3 is 0 Å². The number of rotatable bonds is 2. The maximum atomic E-state index is 12.4. The molecule has 2 rings (SSSR count). The number of nitriles is 1. The highest BCUT2D eigenvalue weighted by Crippen LogP contribution is 2.22. The number of hydrogen-bond acceptors (Lipinski definition) is 4. The summed E-state index contributed by atoms with van der Waals surface area (Å²) in [5, 5.41) is 8.97. The lowest BCUT2D eigenvalue weighted by Crippen LogP contribution is -2.45. The van der Waals surface area contributed by atoms with Gasteiger partial charge in [0.1, 0.15) is 6.07 Å². The minimum absolute atomic E-state index is 0.0709. The summed E-state index contributed by atoms with van der Waals surface area (Å²) in [5.41, 5.74) is 5.98. The zero-order valence-corrected chi connectivity index (χ0v) is 10.7. The van der Waals surface area contributed by atoms with Gasteiger partial charge in [-0.25, -0.2) is 8.42 Å². The van der Waals surface area contributed by atoms with Gasteiger partial charge in [0.2, 0.25) is 10.0 Å². The van der Waals surface area contributed by atoms with E-state index < -0.39 is 10.0 Å². The summed E-state index contributed by atoms with van der Waals surface area (Å²) in [6.45, 7) is 0.790. The van der Waals surface area contributed by atoms with Crippen LogP contribution in [0.3, 0.4) is 0 Å². The van der Waals surface area contributed by atoms with Crippen LogP contribution in [0.1, 0.15) is 18.4 Å². The molecule has 1 aliphatic heterocycles. The molecule has 5 nitrogen and oxygen atoms in total. The van der Waals surface area contributed by atoms with E-state index in [1.54, 1.807) is 12.1 Å². The number of sulfonamides is 1. The molecule has 1 heterocycles. The largest absolute Gasteiger partial charge is 0.327 e. The molecule has 1 aliphatic rings. The van der Waals surface area contributed by atoms with Crippen molar-refractivity contribution in [1.82, 2.24) is 4.31 Å². The van der Waals surface area contributed by atoms with Gasteiger partial charge in [0.05, 0.1) is 10.5 Å². The summed E-state index contributed by atoms with van der Waals surface area (Å²) in [6.07, 6.45) is 1.60. The number of nitrogens with zero attached hydrogens (tertiary/aromatic N) is 2. The van der Waals surface area contributed by atoms with Crippen molar-refractivity contribution in [3.8, 4) is 6.07 Å². The van der Waals surface area contributed by atoms with Crippen LogP contribution in [0.5, 0.6) is 0 Å². The summed E-state index contributed by atoms with van der Waals surface area (Å²) < 4.78 is 26.2. The third-order valence-corrected chi connectivity index (χ3v) is 4.97. The Morgan fingerprint density at radius 3 is 2.78 bits per heavy atom. The Morgan fingerprint density at radius 2 is 2.11 bits per heavy atom. The van der Waals surface area contributed by atoms with Gasteiger partial charge < -0.3 is 5.73 Å². The number of hydrogen-bond donors (Lipinski definition) is 1. The molecule has 18 heavy (non-hydrogen) atoms. The molecular formula is C12H15N3O2S. The van der Waals surface area contributed by atoms with Gasteiger partial charge in [0, 0.05) is 19.1 Å². The smallest absolute Gasteiger partial charge is 0.244 e. The summed E-state index contributed by atoms with van der Waals surface area (Å²) in [5.74, 6) is 0. The lowest BCUT2D eigenvalue weighted by molar-refractivity contribution is 0.316. The van der Waals surface area contributed by atoms with Gasteiger partial charge in [-0.05, 0) is 25.0 Å². The topological polar surface area (TPSA) is 87.2 Å². The van der Waals surface area contributed by atoms with Crippen LogP contribution < -0.4 is 5.73 Å². The van der Waals surface area contributed by atoms with Crippen molar-refractivity contribution in [1.29, 1.82) is 5.26 Å². The molecule has 96 valence electrons. The zero-order chi connectivity index (χ0) is 13.2. The van der Waals surface area contributed by atoms with E-state index in [-0.39, 0.29) is 16.5 Å². The van der Waals surface area contributed by atoms with Crippen molar-refractivity contribution < 1.29 is 8.42 Å². The van der Waals surface area contributed by atoms with Crippen molar-refractivity contribution in [3.05, 3.63) is 29.8 Å². The minimum Gasteiger partial charge on any atom is -0.327 e. The number of benzene rings is 1. The Bertz CT molecular complexity index is 577. The lowest BCUT2D eigenvalue weighted by atomic mass is 10.1. The van der Waals surface area contributed by atoms with Gasteiger partial charge in [-0.1, -0.05) is 12.1 Å². The Hall–Kier alpha value is -1.42. The fourth-order valence-corrected chi connectivity index (χ4v) is 3.79. The standard InChI is InChI=1S/C12H15N3O2S/c13-8-10-4-1-2-6-12(10)18(16,17)15-7-3-5-11(14)9-15/h1-2,4,6,11H,3,5,7,9,14H2/t11-/m1/s1. The van der Waals surface area contributed by atoms with Crippen molar-refractivity contribution in [2.24, 2.45) is 5.73 Å². The molecule has 2 N–H and O–H groups in total. The molecule has 0 radical (unpaired) electrons. The van der Waals surface area contributed by atoms with Gasteiger partial charge in [-0.3, -0.25) is 0 Å². The van der Waals surface area contributed by atoms with Crippen LogP contribution in [0.25, 0.3) is 0 Å². The lowest BCUT2D eigenvalue weighted by Gasteiger charge is -2.30. The normalized spacial score (nSPS) is 21.4. The molecule has 0 aromatic heterocycles. The Labute approximate surface area is 107 Å². The molecule has 0 spiro atoms. The van der Waals surface area contributed by atoms with Crippen LogP contribution in [-0.2, 0) is 10.0 Å². The van der Waals surface area contributed by atoms with Gasteiger partial charge in [-0.2, -0.15) is 9.57 Å². The first-order chi connectivity index (χ1) is 8.55. The van der Waals surface area contributed by atoms with E-state index in [1.165, 1.54) is 16.4 Å². The van der Waals surface area contributed by atoms with Gasteiger partial charge in [0.15, 0.2) is 0 Å². The SMILES string of the molecule is N#Cc1ccccc1S(=O)(=O)N1CCC[C@@H](N)C1. The third kappa shape index (κ3) is 2.38. The summed E-state index contributed by atoms with van der Waals surface area (Å²) in [7, 11) is -3.61. The molecule has 0 aliphatic carbocycles. The number of nitrogens with two attached hydrogens (primary N) is 1. The van der Waals surface area contributed by atoms with Crippen LogP contribution in [0.15, 0.2) is 29.2 Å². The Kier molecular flexibility index (Phi) is 3.66. The van der Waals surface area contributed by atoms with Crippen LogP contribution in [0, 0.1) is 11.3 Å². The average molecular weight is 265 g/mol. The first-order valence-electron chi connectivity index (χ1n) is 5.80. The molecule has 1 saturated heterocycles. The second-order valence-electron chi connectivity index (χ2n) is 4.37. The third-order valence-electron chi connectivity index (χ3n) is 3.05. The van der Waals surface area contributed by atoms with Crippen LogP contribution >= 0.6 is 0 Å². The molecule has 0 amide bonds. The van der Waals surface area contributed by atoms with Crippen molar-refractivity contribution in [3.63, 3.8) is 0 Å². The van der Waals surface area contributed by atoms with E-state index in [0.717, 1.165) is 12.8 Å².